The molecule has 0 aromatic carbocycles. The lowest BCUT2D eigenvalue weighted by molar-refractivity contribution is 0.314. The van der Waals surface area contributed by atoms with Crippen molar-refractivity contribution in [2.24, 2.45) is 16.8 Å². The lowest BCUT2D eigenvalue weighted by Gasteiger charge is -2.02. The number of oxime groups is 1. The lowest BCUT2D eigenvalue weighted by atomic mass is 10.1. The molecule has 64 valence electrons. The van der Waals surface area contributed by atoms with Crippen LogP contribution in [0.25, 0.3) is 0 Å². The SMILES string of the molecule is CCC(C)C(N)=NO.Cl.Cl. The molecule has 0 spiro atoms. The molecule has 3 N–H and O–H groups in total. The maximum atomic E-state index is 8.10. The van der Waals surface area contributed by atoms with Gasteiger partial charge in [0.25, 0.3) is 0 Å². The van der Waals surface area contributed by atoms with E-state index in [1.807, 2.05) is 13.8 Å². The summed E-state index contributed by atoms with van der Waals surface area (Å²) in [7, 11) is 0. The molecule has 0 aliphatic rings. The first kappa shape index (κ1) is 16.4. The quantitative estimate of drug-likeness (QED) is 0.300. The number of amidine groups is 1. The van der Waals surface area contributed by atoms with Crippen molar-refractivity contribution in [3.8, 4) is 0 Å². The molecule has 0 aromatic heterocycles. The van der Waals surface area contributed by atoms with E-state index in [9.17, 15) is 0 Å². The van der Waals surface area contributed by atoms with Crippen LogP contribution in [0.3, 0.4) is 0 Å². The van der Waals surface area contributed by atoms with E-state index in [4.69, 9.17) is 10.9 Å². The van der Waals surface area contributed by atoms with Crippen LogP contribution in [-0.4, -0.2) is 11.0 Å². The Morgan fingerprint density at radius 3 is 2.10 bits per heavy atom. The molecule has 0 bridgehead atoms. The van der Waals surface area contributed by atoms with Crippen molar-refractivity contribution in [3.63, 3.8) is 0 Å². The molecule has 1 atom stereocenters. The van der Waals surface area contributed by atoms with Gasteiger partial charge in [0.15, 0.2) is 0 Å². The lowest BCUT2D eigenvalue weighted by Crippen LogP contribution is -2.20. The largest absolute Gasteiger partial charge is 0.409 e. The van der Waals surface area contributed by atoms with Gasteiger partial charge in [-0.1, -0.05) is 19.0 Å². The topological polar surface area (TPSA) is 58.6 Å². The van der Waals surface area contributed by atoms with E-state index in [1.165, 1.54) is 0 Å². The minimum absolute atomic E-state index is 0. The molecule has 10 heavy (non-hydrogen) atoms. The summed E-state index contributed by atoms with van der Waals surface area (Å²) in [6, 6.07) is 0. The molecule has 0 aliphatic heterocycles. The summed E-state index contributed by atoms with van der Waals surface area (Å²) in [6.07, 6.45) is 0.913. The molecule has 0 amide bonds. The van der Waals surface area contributed by atoms with Gasteiger partial charge in [-0.3, -0.25) is 0 Å². The summed E-state index contributed by atoms with van der Waals surface area (Å²) in [5.41, 5.74) is 5.23. The standard InChI is InChI=1S/C5H12N2O.2ClH/c1-3-4(2)5(6)7-8;;/h4,8H,3H2,1-2H3,(H2,6,7);2*1H. The van der Waals surface area contributed by atoms with E-state index < -0.39 is 0 Å². The summed E-state index contributed by atoms with van der Waals surface area (Å²) in [4.78, 5) is 0. The van der Waals surface area contributed by atoms with E-state index in [0.29, 0.717) is 5.84 Å². The Balaban J connectivity index is -0.000000245. The van der Waals surface area contributed by atoms with Crippen molar-refractivity contribution in [1.29, 1.82) is 0 Å². The van der Waals surface area contributed by atoms with Gasteiger partial charge in [-0.2, -0.15) is 0 Å². The average Bonchev–Trinajstić information content (AvgIpc) is 1.84. The van der Waals surface area contributed by atoms with Gasteiger partial charge in [-0.05, 0) is 6.42 Å². The fourth-order valence-electron chi connectivity index (χ4n) is 0.308. The number of nitrogens with zero attached hydrogens (tertiary/aromatic N) is 1. The number of hydrogen-bond donors (Lipinski definition) is 2. The zero-order valence-corrected chi connectivity index (χ0v) is 7.71. The van der Waals surface area contributed by atoms with Crippen LogP contribution >= 0.6 is 24.8 Å². The van der Waals surface area contributed by atoms with E-state index >= 15 is 0 Å². The highest BCUT2D eigenvalue weighted by atomic mass is 35.5. The Hall–Kier alpha value is -0.150. The molecule has 0 aliphatic carbocycles. The Bertz CT molecular complexity index is 97.6. The summed E-state index contributed by atoms with van der Waals surface area (Å²) in [5.74, 6) is 0.507. The maximum Gasteiger partial charge on any atom is 0.141 e. The molecule has 0 fully saturated rings. The third-order valence-corrected chi connectivity index (χ3v) is 1.23. The van der Waals surface area contributed by atoms with Crippen LogP contribution in [0.15, 0.2) is 5.16 Å². The van der Waals surface area contributed by atoms with Gasteiger partial charge in [0.05, 0.1) is 0 Å². The number of rotatable bonds is 2. The summed E-state index contributed by atoms with van der Waals surface area (Å²) >= 11 is 0. The Morgan fingerprint density at radius 2 is 2.00 bits per heavy atom. The molecule has 5 heteroatoms. The first-order valence-corrected chi connectivity index (χ1v) is 2.69. The fraction of sp³-hybridized carbons (Fsp3) is 0.800. The minimum atomic E-state index is 0. The van der Waals surface area contributed by atoms with Crippen molar-refractivity contribution in [2.75, 3.05) is 0 Å². The van der Waals surface area contributed by atoms with Crippen LogP contribution in [0.5, 0.6) is 0 Å². The second-order valence-electron chi connectivity index (χ2n) is 1.83. The van der Waals surface area contributed by atoms with Crippen LogP contribution in [-0.2, 0) is 0 Å². The molecule has 0 aromatic rings. The summed E-state index contributed by atoms with van der Waals surface area (Å²) in [5, 5.41) is 11.0. The van der Waals surface area contributed by atoms with Gasteiger partial charge >= 0.3 is 0 Å². The van der Waals surface area contributed by atoms with Gasteiger partial charge in [0.1, 0.15) is 5.84 Å². The highest BCUT2D eigenvalue weighted by molar-refractivity contribution is 5.85. The highest BCUT2D eigenvalue weighted by Gasteiger charge is 2.01. The summed E-state index contributed by atoms with van der Waals surface area (Å²) < 4.78 is 0. The fourth-order valence-corrected chi connectivity index (χ4v) is 0.308. The number of nitrogens with two attached hydrogens (primary N) is 1. The molecule has 0 saturated carbocycles. The van der Waals surface area contributed by atoms with Crippen molar-refractivity contribution < 1.29 is 5.21 Å². The van der Waals surface area contributed by atoms with Crippen LogP contribution < -0.4 is 5.73 Å². The van der Waals surface area contributed by atoms with E-state index in [-0.39, 0.29) is 30.7 Å². The third-order valence-electron chi connectivity index (χ3n) is 1.23. The molecule has 3 nitrogen and oxygen atoms in total. The van der Waals surface area contributed by atoms with Crippen LogP contribution in [0.4, 0.5) is 0 Å². The van der Waals surface area contributed by atoms with Crippen LogP contribution in [0.1, 0.15) is 20.3 Å². The van der Waals surface area contributed by atoms with E-state index in [0.717, 1.165) is 6.42 Å². The second kappa shape index (κ2) is 8.85. The third kappa shape index (κ3) is 5.98. The number of halogens is 2. The smallest absolute Gasteiger partial charge is 0.141 e. The molecular formula is C5H14Cl2N2O. The van der Waals surface area contributed by atoms with Gasteiger partial charge in [-0.15, -0.1) is 24.8 Å². The average molecular weight is 189 g/mol. The minimum Gasteiger partial charge on any atom is -0.409 e. The van der Waals surface area contributed by atoms with Gasteiger partial charge in [0, 0.05) is 5.92 Å². The van der Waals surface area contributed by atoms with Crippen molar-refractivity contribution in [1.82, 2.24) is 0 Å². The first-order chi connectivity index (χ1) is 3.72. The molecular weight excluding hydrogens is 175 g/mol. The van der Waals surface area contributed by atoms with Crippen LogP contribution in [0.2, 0.25) is 0 Å². The first-order valence-electron chi connectivity index (χ1n) is 2.69. The Morgan fingerprint density at radius 1 is 1.60 bits per heavy atom. The zero-order valence-electron chi connectivity index (χ0n) is 6.07. The molecule has 0 heterocycles. The maximum absolute atomic E-state index is 8.10. The zero-order chi connectivity index (χ0) is 6.57. The van der Waals surface area contributed by atoms with E-state index in [1.54, 1.807) is 0 Å². The van der Waals surface area contributed by atoms with Gasteiger partial charge in [0.2, 0.25) is 0 Å². The Kier molecular flexibility index (Phi) is 14.6. The molecule has 0 saturated heterocycles. The predicted octanol–water partition coefficient (Wildman–Crippen LogP) is 1.62. The van der Waals surface area contributed by atoms with Crippen molar-refractivity contribution >= 4 is 30.6 Å². The van der Waals surface area contributed by atoms with Gasteiger partial charge in [-0.25, -0.2) is 0 Å². The summed E-state index contributed by atoms with van der Waals surface area (Å²) in [6.45, 7) is 3.90. The van der Waals surface area contributed by atoms with Crippen LogP contribution in [0, 0.1) is 5.92 Å². The van der Waals surface area contributed by atoms with Crippen molar-refractivity contribution in [2.45, 2.75) is 20.3 Å². The predicted molar refractivity (Wildman–Crippen MR) is 47.4 cm³/mol. The second-order valence-corrected chi connectivity index (χ2v) is 1.83. The molecule has 0 rings (SSSR count). The highest BCUT2D eigenvalue weighted by Crippen LogP contribution is 1.98. The van der Waals surface area contributed by atoms with Crippen molar-refractivity contribution in [3.05, 3.63) is 0 Å². The van der Waals surface area contributed by atoms with E-state index in [2.05, 4.69) is 5.16 Å². The number of hydrogen-bond acceptors (Lipinski definition) is 2. The normalized spacial score (nSPS) is 12.8. The molecule has 0 radical (unpaired) electrons. The molecule has 1 unspecified atom stereocenters. The van der Waals surface area contributed by atoms with Gasteiger partial charge < -0.3 is 10.9 Å². The monoisotopic (exact) mass is 188 g/mol. The Labute approximate surface area is 73.5 Å².